The minimum absolute atomic E-state index is 0.118. The molecule has 1 saturated carbocycles. The van der Waals surface area contributed by atoms with Gasteiger partial charge in [-0.05, 0) is 32.1 Å². The largest absolute Gasteiger partial charge is 0.461 e. The van der Waals surface area contributed by atoms with Crippen molar-refractivity contribution in [3.05, 3.63) is 0 Å². The van der Waals surface area contributed by atoms with Crippen LogP contribution in [0.3, 0.4) is 0 Å². The van der Waals surface area contributed by atoms with Gasteiger partial charge in [0.05, 0.1) is 0 Å². The quantitative estimate of drug-likeness (QED) is 0.706. The number of nitrogens with two attached hydrogens (primary N) is 1. The molecule has 1 aliphatic rings. The van der Waals surface area contributed by atoms with E-state index in [1.807, 2.05) is 0 Å². The summed E-state index contributed by atoms with van der Waals surface area (Å²) in [6.45, 7) is 3.86. The third-order valence-electron chi connectivity index (χ3n) is 2.97. The summed E-state index contributed by atoms with van der Waals surface area (Å²) in [4.78, 5) is 11.3. The predicted molar refractivity (Wildman–Crippen MR) is 55.8 cm³/mol. The van der Waals surface area contributed by atoms with Crippen LogP contribution in [-0.2, 0) is 9.53 Å². The molecule has 3 atom stereocenters. The maximum absolute atomic E-state index is 11.3. The van der Waals surface area contributed by atoms with E-state index in [0.29, 0.717) is 0 Å². The van der Waals surface area contributed by atoms with Gasteiger partial charge in [0.1, 0.15) is 12.1 Å². The average Bonchev–Trinajstić information content (AvgIpc) is 2.18. The minimum atomic E-state index is -0.489. The van der Waals surface area contributed by atoms with E-state index in [2.05, 4.69) is 6.92 Å². The molecule has 0 spiro atoms. The molecule has 0 saturated heterocycles. The normalized spacial score (nSPS) is 29.6. The first-order valence-corrected chi connectivity index (χ1v) is 5.59. The van der Waals surface area contributed by atoms with Crippen LogP contribution in [0.25, 0.3) is 0 Å². The zero-order valence-corrected chi connectivity index (χ0v) is 9.16. The lowest BCUT2D eigenvalue weighted by Crippen LogP contribution is -2.34. The van der Waals surface area contributed by atoms with Crippen molar-refractivity contribution in [2.75, 3.05) is 0 Å². The summed E-state index contributed by atoms with van der Waals surface area (Å²) in [6, 6.07) is -0.489. The number of hydrogen-bond acceptors (Lipinski definition) is 3. The van der Waals surface area contributed by atoms with E-state index in [1.54, 1.807) is 6.92 Å². The molecular weight excluding hydrogens is 178 g/mol. The van der Waals surface area contributed by atoms with Gasteiger partial charge in [-0.2, -0.15) is 0 Å². The second-order valence-corrected chi connectivity index (χ2v) is 4.29. The second kappa shape index (κ2) is 5.35. The van der Waals surface area contributed by atoms with Crippen molar-refractivity contribution in [2.45, 2.75) is 58.1 Å². The first-order valence-electron chi connectivity index (χ1n) is 5.59. The number of rotatable bonds is 3. The van der Waals surface area contributed by atoms with Crippen LogP contribution in [0.2, 0.25) is 0 Å². The highest BCUT2D eigenvalue weighted by atomic mass is 16.5. The maximum atomic E-state index is 11.3. The van der Waals surface area contributed by atoms with Crippen molar-refractivity contribution >= 4 is 5.97 Å². The van der Waals surface area contributed by atoms with Gasteiger partial charge in [-0.25, -0.2) is 0 Å². The third-order valence-corrected chi connectivity index (χ3v) is 2.97. The average molecular weight is 199 g/mol. The van der Waals surface area contributed by atoms with Crippen LogP contribution < -0.4 is 5.73 Å². The van der Waals surface area contributed by atoms with Crippen LogP contribution in [0, 0.1) is 5.92 Å². The highest BCUT2D eigenvalue weighted by Crippen LogP contribution is 2.28. The van der Waals surface area contributed by atoms with Gasteiger partial charge in [0.15, 0.2) is 0 Å². The molecule has 3 nitrogen and oxygen atoms in total. The molecule has 2 unspecified atom stereocenters. The number of ether oxygens (including phenoxy) is 1. The molecule has 14 heavy (non-hydrogen) atoms. The first-order chi connectivity index (χ1) is 6.63. The Hall–Kier alpha value is -0.570. The van der Waals surface area contributed by atoms with E-state index >= 15 is 0 Å². The van der Waals surface area contributed by atoms with Gasteiger partial charge >= 0.3 is 5.97 Å². The molecule has 0 heterocycles. The number of esters is 1. The zero-order valence-electron chi connectivity index (χ0n) is 9.16. The molecule has 3 heteroatoms. The van der Waals surface area contributed by atoms with Gasteiger partial charge in [0.2, 0.25) is 0 Å². The molecule has 82 valence electrons. The van der Waals surface area contributed by atoms with Gasteiger partial charge in [0.25, 0.3) is 0 Å². The summed E-state index contributed by atoms with van der Waals surface area (Å²) in [7, 11) is 0. The van der Waals surface area contributed by atoms with Crippen LogP contribution in [0.5, 0.6) is 0 Å². The Morgan fingerprint density at radius 1 is 1.57 bits per heavy atom. The molecule has 0 aromatic heterocycles. The van der Waals surface area contributed by atoms with Gasteiger partial charge < -0.3 is 10.5 Å². The van der Waals surface area contributed by atoms with Gasteiger partial charge in [-0.1, -0.05) is 19.8 Å². The van der Waals surface area contributed by atoms with Gasteiger partial charge in [-0.3, -0.25) is 4.79 Å². The van der Waals surface area contributed by atoms with Crippen LogP contribution in [0.15, 0.2) is 0 Å². The van der Waals surface area contributed by atoms with Crippen LogP contribution in [-0.4, -0.2) is 18.1 Å². The Morgan fingerprint density at radius 3 is 2.86 bits per heavy atom. The number of carbonyl (C=O) groups is 1. The molecule has 0 aliphatic heterocycles. The Bertz CT molecular complexity index is 192. The Kier molecular flexibility index (Phi) is 4.39. The van der Waals surface area contributed by atoms with Crippen molar-refractivity contribution in [1.82, 2.24) is 0 Å². The SMILES string of the molecule is CCC1CCCC(OC(=O)[C@@H](C)N)C1. The van der Waals surface area contributed by atoms with Crippen LogP contribution in [0.1, 0.15) is 46.0 Å². The maximum Gasteiger partial charge on any atom is 0.322 e. The van der Waals surface area contributed by atoms with E-state index in [9.17, 15) is 4.79 Å². The van der Waals surface area contributed by atoms with Crippen LogP contribution >= 0.6 is 0 Å². The monoisotopic (exact) mass is 199 g/mol. The van der Waals surface area contributed by atoms with Crippen molar-refractivity contribution in [1.29, 1.82) is 0 Å². The first kappa shape index (κ1) is 11.5. The highest BCUT2D eigenvalue weighted by molar-refractivity contribution is 5.75. The zero-order chi connectivity index (χ0) is 10.6. The van der Waals surface area contributed by atoms with Crippen molar-refractivity contribution in [3.8, 4) is 0 Å². The highest BCUT2D eigenvalue weighted by Gasteiger charge is 2.24. The molecular formula is C11H21NO2. The van der Waals surface area contributed by atoms with Crippen molar-refractivity contribution in [3.63, 3.8) is 0 Å². The fourth-order valence-electron chi connectivity index (χ4n) is 1.99. The molecule has 0 aromatic carbocycles. The molecule has 2 N–H and O–H groups in total. The lowest BCUT2D eigenvalue weighted by molar-refractivity contribution is -0.152. The Labute approximate surface area is 86.0 Å². The fourth-order valence-corrected chi connectivity index (χ4v) is 1.99. The predicted octanol–water partition coefficient (Wildman–Crippen LogP) is 1.85. The molecule has 1 rings (SSSR count). The molecule has 0 amide bonds. The van der Waals surface area contributed by atoms with Gasteiger partial charge in [-0.15, -0.1) is 0 Å². The summed E-state index contributed by atoms with van der Waals surface area (Å²) in [5.74, 6) is 0.474. The lowest BCUT2D eigenvalue weighted by Gasteiger charge is -2.28. The smallest absolute Gasteiger partial charge is 0.322 e. The summed E-state index contributed by atoms with van der Waals surface area (Å²) >= 11 is 0. The van der Waals surface area contributed by atoms with E-state index in [1.165, 1.54) is 19.3 Å². The summed E-state index contributed by atoms with van der Waals surface area (Å²) in [5, 5.41) is 0. The summed E-state index contributed by atoms with van der Waals surface area (Å²) < 4.78 is 5.32. The summed E-state index contributed by atoms with van der Waals surface area (Å²) in [6.07, 6.45) is 5.79. The number of hydrogen-bond donors (Lipinski definition) is 1. The van der Waals surface area contributed by atoms with E-state index in [-0.39, 0.29) is 12.1 Å². The third kappa shape index (κ3) is 3.29. The van der Waals surface area contributed by atoms with Crippen molar-refractivity contribution < 1.29 is 9.53 Å². The van der Waals surface area contributed by atoms with Gasteiger partial charge in [0, 0.05) is 0 Å². The molecule has 0 aromatic rings. The summed E-state index contributed by atoms with van der Waals surface area (Å²) in [5.41, 5.74) is 5.45. The fraction of sp³-hybridized carbons (Fsp3) is 0.909. The molecule has 1 aliphatic carbocycles. The Morgan fingerprint density at radius 2 is 2.29 bits per heavy atom. The second-order valence-electron chi connectivity index (χ2n) is 4.29. The topological polar surface area (TPSA) is 52.3 Å². The number of carbonyl (C=O) groups excluding carboxylic acids is 1. The molecule has 1 fully saturated rings. The van der Waals surface area contributed by atoms with Crippen molar-refractivity contribution in [2.24, 2.45) is 11.7 Å². The van der Waals surface area contributed by atoms with Crippen LogP contribution in [0.4, 0.5) is 0 Å². The Balaban J connectivity index is 2.34. The molecule has 0 radical (unpaired) electrons. The van der Waals surface area contributed by atoms with E-state index in [0.717, 1.165) is 18.8 Å². The molecule has 0 bridgehead atoms. The standard InChI is InChI=1S/C11H21NO2/c1-3-9-5-4-6-10(7-9)14-11(13)8(2)12/h8-10H,3-7,12H2,1-2H3/t8-,9?,10?/m1/s1. The van der Waals surface area contributed by atoms with E-state index in [4.69, 9.17) is 10.5 Å². The lowest BCUT2D eigenvalue weighted by atomic mass is 9.85. The van der Waals surface area contributed by atoms with E-state index < -0.39 is 6.04 Å². The minimum Gasteiger partial charge on any atom is -0.461 e.